The zero-order chi connectivity index (χ0) is 25.2. The number of ketones is 1. The monoisotopic (exact) mass is 530 g/mol. The van der Waals surface area contributed by atoms with Crippen LogP contribution >= 0.6 is 23.2 Å². The number of halogens is 3. The van der Waals surface area contributed by atoms with E-state index in [-0.39, 0.29) is 46.5 Å². The number of fused-ring (bicyclic) bond motifs is 1. The van der Waals surface area contributed by atoms with Gasteiger partial charge in [-0.2, -0.15) is 0 Å². The maximum atomic E-state index is 13.9. The largest absolute Gasteiger partial charge is 0.453 e. The number of para-hydroxylation sites is 1. The molecule has 0 saturated carbocycles. The Labute approximate surface area is 215 Å². The Morgan fingerprint density at radius 2 is 2.06 bits per heavy atom. The van der Waals surface area contributed by atoms with Gasteiger partial charge in [0.2, 0.25) is 5.78 Å². The molecule has 1 aromatic carbocycles. The van der Waals surface area contributed by atoms with Gasteiger partial charge in [-0.1, -0.05) is 35.3 Å². The van der Waals surface area contributed by atoms with E-state index < -0.39 is 11.6 Å². The second kappa shape index (κ2) is 10.4. The van der Waals surface area contributed by atoms with E-state index >= 15 is 0 Å². The number of aliphatic hydroxyl groups is 1. The van der Waals surface area contributed by atoms with Gasteiger partial charge in [0.05, 0.1) is 58.4 Å². The van der Waals surface area contributed by atoms with Gasteiger partial charge in [-0.3, -0.25) is 4.79 Å². The zero-order valence-corrected chi connectivity index (χ0v) is 20.3. The van der Waals surface area contributed by atoms with Crippen molar-refractivity contribution in [2.24, 2.45) is 0 Å². The smallest absolute Gasteiger partial charge is 0.215 e. The van der Waals surface area contributed by atoms with E-state index in [9.17, 15) is 14.3 Å². The fourth-order valence-electron chi connectivity index (χ4n) is 4.09. The lowest BCUT2D eigenvalue weighted by molar-refractivity contribution is -0.0223. The summed E-state index contributed by atoms with van der Waals surface area (Å²) in [5.41, 5.74) is 1.28. The van der Waals surface area contributed by atoms with Crippen molar-refractivity contribution in [3.8, 4) is 11.5 Å². The van der Waals surface area contributed by atoms with Gasteiger partial charge in [-0.15, -0.1) is 0 Å². The first-order chi connectivity index (χ1) is 17.4. The summed E-state index contributed by atoms with van der Waals surface area (Å²) < 4.78 is 25.1. The minimum absolute atomic E-state index is 0.00355. The minimum Gasteiger partial charge on any atom is -0.453 e. The number of rotatable bonds is 7. The molecule has 2 atom stereocenters. The number of nitrogens with zero attached hydrogens (tertiary/aromatic N) is 2. The van der Waals surface area contributed by atoms with Gasteiger partial charge in [0.15, 0.2) is 11.6 Å². The molecule has 1 aliphatic rings. The third-order valence-electron chi connectivity index (χ3n) is 5.92. The first kappa shape index (κ1) is 24.5. The van der Waals surface area contributed by atoms with Crippen LogP contribution in [0, 0.1) is 5.82 Å². The summed E-state index contributed by atoms with van der Waals surface area (Å²) in [4.78, 5) is 25.0. The quantitative estimate of drug-likeness (QED) is 0.275. The van der Waals surface area contributed by atoms with Crippen molar-refractivity contribution in [3.63, 3.8) is 0 Å². The fourth-order valence-corrected chi connectivity index (χ4v) is 4.53. The van der Waals surface area contributed by atoms with Crippen LogP contribution in [-0.2, 0) is 4.74 Å². The lowest BCUT2D eigenvalue weighted by Crippen LogP contribution is -2.36. The molecule has 1 aliphatic heterocycles. The van der Waals surface area contributed by atoms with Crippen molar-refractivity contribution in [3.05, 3.63) is 76.0 Å². The highest BCUT2D eigenvalue weighted by molar-refractivity contribution is 6.37. The second-order valence-corrected chi connectivity index (χ2v) is 9.14. The molecule has 0 radical (unpaired) electrons. The molecule has 4 aromatic rings. The molecule has 3 aromatic heterocycles. The van der Waals surface area contributed by atoms with Crippen molar-refractivity contribution in [1.29, 1.82) is 0 Å². The highest BCUT2D eigenvalue weighted by Crippen LogP contribution is 2.35. The van der Waals surface area contributed by atoms with Crippen LogP contribution in [0.25, 0.3) is 11.0 Å². The van der Waals surface area contributed by atoms with E-state index in [1.165, 1.54) is 36.8 Å². The normalized spacial score (nSPS) is 17.8. The molecule has 8 nitrogen and oxygen atoms in total. The Morgan fingerprint density at radius 1 is 1.22 bits per heavy atom. The van der Waals surface area contributed by atoms with Crippen molar-refractivity contribution < 1.29 is 23.8 Å². The lowest BCUT2D eigenvalue weighted by Gasteiger charge is -2.29. The number of aliphatic hydroxyl groups excluding tert-OH is 1. The van der Waals surface area contributed by atoms with E-state index in [1.807, 2.05) is 0 Å². The maximum Gasteiger partial charge on any atom is 0.215 e. The first-order valence-electron chi connectivity index (χ1n) is 11.2. The molecule has 3 N–H and O–H groups in total. The van der Waals surface area contributed by atoms with E-state index in [4.69, 9.17) is 32.7 Å². The highest BCUT2D eigenvalue weighted by Gasteiger charge is 2.26. The SMILES string of the molecule is O=C(c1ncc(Oc2ccccc2F)cc1Cl)c1c[nH]c2ncc(Cl)c(N[C@@H]3CC[C@@H](CO)OC3)c12. The molecule has 186 valence electrons. The van der Waals surface area contributed by atoms with Crippen LogP contribution in [-0.4, -0.2) is 51.2 Å². The van der Waals surface area contributed by atoms with Gasteiger partial charge in [0.25, 0.3) is 0 Å². The van der Waals surface area contributed by atoms with Gasteiger partial charge < -0.3 is 24.9 Å². The fraction of sp³-hybridized carbons (Fsp3) is 0.240. The van der Waals surface area contributed by atoms with Gasteiger partial charge in [-0.05, 0) is 25.0 Å². The van der Waals surface area contributed by atoms with Crippen LogP contribution < -0.4 is 10.1 Å². The number of nitrogens with one attached hydrogen (secondary N) is 2. The van der Waals surface area contributed by atoms with E-state index in [1.54, 1.807) is 12.1 Å². The summed E-state index contributed by atoms with van der Waals surface area (Å²) in [5, 5.41) is 13.6. The molecule has 36 heavy (non-hydrogen) atoms. The summed E-state index contributed by atoms with van der Waals surface area (Å²) in [5.74, 6) is -0.783. The van der Waals surface area contributed by atoms with Crippen molar-refractivity contribution in [2.45, 2.75) is 25.0 Å². The molecule has 11 heteroatoms. The van der Waals surface area contributed by atoms with Crippen LogP contribution in [0.5, 0.6) is 11.5 Å². The number of carbonyl (C=O) groups is 1. The third-order valence-corrected chi connectivity index (χ3v) is 6.49. The summed E-state index contributed by atoms with van der Waals surface area (Å²) >= 11 is 12.9. The van der Waals surface area contributed by atoms with Crippen molar-refractivity contribution >= 4 is 45.7 Å². The predicted octanol–water partition coefficient (Wildman–Crippen LogP) is 5.38. The maximum absolute atomic E-state index is 13.9. The van der Waals surface area contributed by atoms with Gasteiger partial charge in [0, 0.05) is 18.3 Å². The molecular weight excluding hydrogens is 510 g/mol. The number of benzene rings is 1. The molecule has 0 unspecified atom stereocenters. The number of hydrogen-bond donors (Lipinski definition) is 3. The van der Waals surface area contributed by atoms with Gasteiger partial charge in [0.1, 0.15) is 17.1 Å². The summed E-state index contributed by atoms with van der Waals surface area (Å²) in [6, 6.07) is 7.27. The van der Waals surface area contributed by atoms with Crippen LogP contribution in [0.4, 0.5) is 10.1 Å². The number of H-pyrrole nitrogens is 1. The van der Waals surface area contributed by atoms with Crippen LogP contribution in [0.1, 0.15) is 28.9 Å². The Kier molecular flexibility index (Phi) is 7.06. The van der Waals surface area contributed by atoms with E-state index in [2.05, 4.69) is 20.3 Å². The average molecular weight is 531 g/mol. The Morgan fingerprint density at radius 3 is 2.78 bits per heavy atom. The first-order valence-corrected chi connectivity index (χ1v) is 12.0. The second-order valence-electron chi connectivity index (χ2n) is 8.33. The van der Waals surface area contributed by atoms with E-state index in [0.717, 1.165) is 6.42 Å². The molecule has 1 saturated heterocycles. The number of pyridine rings is 2. The number of hydrogen-bond acceptors (Lipinski definition) is 7. The standard InChI is InChI=1S/C25H21Cl2FN4O4/c26-17-7-15(36-20-4-2-1-3-19(20)28)8-29-23(17)24(34)16-9-30-25-21(16)22(18(27)10-31-25)32-13-5-6-14(11-33)35-12-13/h1-4,7-10,13-14,33H,5-6,11-12H2,(H2,30,31,32)/t13-,14+/m1/s1. The molecule has 0 amide bonds. The summed E-state index contributed by atoms with van der Waals surface area (Å²) in [7, 11) is 0. The lowest BCUT2D eigenvalue weighted by atomic mass is 10.0. The molecule has 0 spiro atoms. The number of carbonyl (C=O) groups excluding carboxylic acids is 1. The molecule has 1 fully saturated rings. The third kappa shape index (κ3) is 4.87. The molecule has 5 rings (SSSR count). The summed E-state index contributed by atoms with van der Waals surface area (Å²) in [6.07, 6.45) is 5.61. The van der Waals surface area contributed by atoms with Crippen molar-refractivity contribution in [2.75, 3.05) is 18.5 Å². The summed E-state index contributed by atoms with van der Waals surface area (Å²) in [6.45, 7) is 0.358. The van der Waals surface area contributed by atoms with Gasteiger partial charge >= 0.3 is 0 Å². The van der Waals surface area contributed by atoms with Crippen molar-refractivity contribution in [1.82, 2.24) is 15.0 Å². The number of anilines is 1. The molecule has 0 aliphatic carbocycles. The molecular formula is C25H21Cl2FN4O4. The minimum atomic E-state index is -0.535. The number of aromatic amines is 1. The molecule has 0 bridgehead atoms. The Bertz CT molecular complexity index is 1420. The predicted molar refractivity (Wildman–Crippen MR) is 134 cm³/mol. The Balaban J connectivity index is 1.44. The van der Waals surface area contributed by atoms with Crippen LogP contribution in [0.15, 0.2) is 48.9 Å². The Hall–Kier alpha value is -3.24. The topological polar surface area (TPSA) is 109 Å². The average Bonchev–Trinajstić information content (AvgIpc) is 3.32. The van der Waals surface area contributed by atoms with Gasteiger partial charge in [-0.25, -0.2) is 14.4 Å². The zero-order valence-electron chi connectivity index (χ0n) is 18.8. The molecule has 4 heterocycles. The van der Waals surface area contributed by atoms with E-state index in [0.29, 0.717) is 34.8 Å². The van der Waals surface area contributed by atoms with Crippen LogP contribution in [0.2, 0.25) is 10.0 Å². The highest BCUT2D eigenvalue weighted by atomic mass is 35.5. The number of ether oxygens (including phenoxy) is 2. The van der Waals surface area contributed by atoms with Crippen LogP contribution in [0.3, 0.4) is 0 Å². The number of aromatic nitrogens is 3.